The molecule has 0 atom stereocenters. The summed E-state index contributed by atoms with van der Waals surface area (Å²) in [5.41, 5.74) is 0. The maximum atomic E-state index is 3.97. The summed E-state index contributed by atoms with van der Waals surface area (Å²) < 4.78 is 0.535. The zero-order chi connectivity index (χ0) is 6.73. The maximum absolute atomic E-state index is 3.97. The molecule has 46 valence electrons. The van der Waals surface area contributed by atoms with Crippen LogP contribution in [0.25, 0.3) is 0 Å². The van der Waals surface area contributed by atoms with E-state index in [1.165, 1.54) is 0 Å². The second kappa shape index (κ2) is 3.82. The van der Waals surface area contributed by atoms with Crippen molar-refractivity contribution in [2.45, 2.75) is 0 Å². The van der Waals surface area contributed by atoms with Gasteiger partial charge in [0.15, 0.2) is 0 Å². The van der Waals surface area contributed by atoms with E-state index in [4.69, 9.17) is 0 Å². The molecule has 0 nitrogen and oxygen atoms in total. The van der Waals surface area contributed by atoms with E-state index in [-0.39, 0.29) is 0 Å². The Morgan fingerprint density at radius 3 is 1.38 bits per heavy atom. The van der Waals surface area contributed by atoms with Crippen molar-refractivity contribution in [2.75, 3.05) is 0 Å². The Labute approximate surface area is 71.1 Å². The van der Waals surface area contributed by atoms with Crippen molar-refractivity contribution in [3.63, 3.8) is 0 Å². The molecule has 0 aromatic rings. The number of rotatable bonds is 1. The first kappa shape index (κ1) is 8.88. The SMILES string of the molecule is C=C(S)C(S)=C(S)S. The highest BCUT2D eigenvalue weighted by Gasteiger charge is 1.93. The Hall–Kier alpha value is 0.880. The topological polar surface area (TPSA) is 0 Å². The minimum atomic E-state index is 0.535. The highest BCUT2D eigenvalue weighted by molar-refractivity contribution is 8.06. The van der Waals surface area contributed by atoms with Crippen LogP contribution in [0.3, 0.4) is 0 Å². The molecule has 0 spiro atoms. The molecule has 0 aliphatic rings. The summed E-state index contributed by atoms with van der Waals surface area (Å²) >= 11 is 15.7. The predicted octanol–water partition coefficient (Wildman–Crippen LogP) is 2.39. The Balaban J connectivity index is 4.23. The second-order valence-electron chi connectivity index (χ2n) is 1.12. The molecule has 0 saturated carbocycles. The van der Waals surface area contributed by atoms with E-state index >= 15 is 0 Å². The summed E-state index contributed by atoms with van der Waals surface area (Å²) in [4.78, 5) is 1.19. The standard InChI is InChI=1S/C4H6S4/c1-2(5)3(6)4(7)8/h5-8H,1H2. The van der Waals surface area contributed by atoms with Gasteiger partial charge in [0.05, 0.1) is 0 Å². The molecule has 0 unspecified atom stereocenters. The molecule has 0 radical (unpaired) electrons. The lowest BCUT2D eigenvalue weighted by Gasteiger charge is -1.95. The Morgan fingerprint density at radius 2 is 1.38 bits per heavy atom. The van der Waals surface area contributed by atoms with E-state index < -0.39 is 0 Å². The lowest BCUT2D eigenvalue weighted by atomic mass is 10.6. The Bertz CT molecular complexity index is 131. The van der Waals surface area contributed by atoms with Crippen LogP contribution in [0.5, 0.6) is 0 Å². The summed E-state index contributed by atoms with van der Waals surface area (Å²) in [5, 5.41) is 0. The summed E-state index contributed by atoms with van der Waals surface area (Å²) in [7, 11) is 0. The third kappa shape index (κ3) is 3.02. The van der Waals surface area contributed by atoms with Crippen LogP contribution in [-0.4, -0.2) is 0 Å². The fourth-order valence-corrected chi connectivity index (χ4v) is 0.687. The van der Waals surface area contributed by atoms with Crippen molar-refractivity contribution in [3.05, 3.63) is 20.6 Å². The van der Waals surface area contributed by atoms with Crippen LogP contribution in [0.15, 0.2) is 20.6 Å². The predicted molar refractivity (Wildman–Crippen MR) is 52.1 cm³/mol. The lowest BCUT2D eigenvalue weighted by molar-refractivity contribution is 1.96. The molecule has 8 heavy (non-hydrogen) atoms. The van der Waals surface area contributed by atoms with Gasteiger partial charge in [-0.1, -0.05) is 6.58 Å². The highest BCUT2D eigenvalue weighted by Crippen LogP contribution is 2.24. The third-order valence-corrected chi connectivity index (χ3v) is 2.18. The largest absolute Gasteiger partial charge is 0.143 e. The maximum Gasteiger partial charge on any atom is 0.0485 e. The van der Waals surface area contributed by atoms with Crippen molar-refractivity contribution in [1.82, 2.24) is 0 Å². The van der Waals surface area contributed by atoms with Crippen molar-refractivity contribution < 1.29 is 0 Å². The van der Waals surface area contributed by atoms with Gasteiger partial charge >= 0.3 is 0 Å². The van der Waals surface area contributed by atoms with Gasteiger partial charge in [0, 0.05) is 14.0 Å². The second-order valence-corrected chi connectivity index (χ2v) is 3.35. The molecule has 0 aromatic heterocycles. The van der Waals surface area contributed by atoms with Crippen LogP contribution < -0.4 is 0 Å². The monoisotopic (exact) mass is 182 g/mol. The van der Waals surface area contributed by atoms with Crippen LogP contribution in [0.2, 0.25) is 0 Å². The molecule has 0 amide bonds. The van der Waals surface area contributed by atoms with Gasteiger partial charge in [0.25, 0.3) is 0 Å². The van der Waals surface area contributed by atoms with Crippen LogP contribution in [-0.2, 0) is 0 Å². The van der Waals surface area contributed by atoms with Crippen LogP contribution in [0.1, 0.15) is 0 Å². The first-order chi connectivity index (χ1) is 3.55. The Kier molecular flexibility index (Phi) is 4.24. The third-order valence-electron chi connectivity index (χ3n) is 0.485. The Morgan fingerprint density at radius 1 is 1.00 bits per heavy atom. The molecule has 0 rings (SSSR count). The quantitative estimate of drug-likeness (QED) is 0.347. The fourth-order valence-electron chi connectivity index (χ4n) is 0.129. The van der Waals surface area contributed by atoms with Gasteiger partial charge in [0.2, 0.25) is 0 Å². The first-order valence-electron chi connectivity index (χ1n) is 1.75. The van der Waals surface area contributed by atoms with Crippen LogP contribution >= 0.6 is 50.5 Å². The molecule has 0 aliphatic heterocycles. The van der Waals surface area contributed by atoms with Gasteiger partial charge in [-0.25, -0.2) is 0 Å². The van der Waals surface area contributed by atoms with Crippen molar-refractivity contribution in [2.24, 2.45) is 0 Å². The van der Waals surface area contributed by atoms with E-state index in [2.05, 4.69) is 57.1 Å². The van der Waals surface area contributed by atoms with Crippen LogP contribution in [0, 0.1) is 0 Å². The fraction of sp³-hybridized carbons (Fsp3) is 0. The zero-order valence-corrected chi connectivity index (χ0v) is 7.57. The smallest absolute Gasteiger partial charge is 0.0485 e. The van der Waals surface area contributed by atoms with E-state index in [1.54, 1.807) is 0 Å². The highest BCUT2D eigenvalue weighted by atomic mass is 32.2. The molecule has 0 aliphatic carbocycles. The number of hydrogen-bond acceptors (Lipinski definition) is 4. The molecular formula is C4H6S4. The number of hydrogen-bond donors (Lipinski definition) is 4. The molecule has 0 saturated heterocycles. The van der Waals surface area contributed by atoms with Gasteiger partial charge in [-0.15, -0.1) is 50.5 Å². The minimum Gasteiger partial charge on any atom is -0.143 e. The molecule has 0 heterocycles. The summed E-state index contributed by atoms with van der Waals surface area (Å²) in [6, 6.07) is 0. The van der Waals surface area contributed by atoms with Crippen LogP contribution in [0.4, 0.5) is 0 Å². The minimum absolute atomic E-state index is 0.535. The molecule has 0 aromatic carbocycles. The summed E-state index contributed by atoms with van der Waals surface area (Å²) in [6.45, 7) is 3.51. The van der Waals surface area contributed by atoms with Crippen molar-refractivity contribution in [3.8, 4) is 0 Å². The van der Waals surface area contributed by atoms with Gasteiger partial charge in [-0.3, -0.25) is 0 Å². The normalized spacial score (nSPS) is 8.50. The van der Waals surface area contributed by atoms with E-state index in [0.717, 1.165) is 0 Å². The molecule has 0 fully saturated rings. The van der Waals surface area contributed by atoms with E-state index in [1.807, 2.05) is 0 Å². The number of thiol groups is 4. The molecule has 0 bridgehead atoms. The van der Waals surface area contributed by atoms with Gasteiger partial charge in [-0.05, 0) is 0 Å². The van der Waals surface area contributed by atoms with Gasteiger partial charge < -0.3 is 0 Å². The van der Waals surface area contributed by atoms with E-state index in [0.29, 0.717) is 14.0 Å². The first-order valence-corrected chi connectivity index (χ1v) is 3.54. The lowest BCUT2D eigenvalue weighted by Crippen LogP contribution is -1.68. The van der Waals surface area contributed by atoms with Gasteiger partial charge in [-0.2, -0.15) is 0 Å². The van der Waals surface area contributed by atoms with E-state index in [9.17, 15) is 0 Å². The average Bonchev–Trinajstić information content (AvgIpc) is 1.64. The summed E-state index contributed by atoms with van der Waals surface area (Å²) in [5.74, 6) is 0. The molecule has 4 heteroatoms. The van der Waals surface area contributed by atoms with Crippen molar-refractivity contribution >= 4 is 50.5 Å². The zero-order valence-electron chi connectivity index (χ0n) is 4.00. The van der Waals surface area contributed by atoms with Gasteiger partial charge in [0.1, 0.15) is 0 Å². The molecule has 0 N–H and O–H groups in total. The average molecular weight is 182 g/mol. The summed E-state index contributed by atoms with van der Waals surface area (Å²) in [6.07, 6.45) is 0. The van der Waals surface area contributed by atoms with Crippen molar-refractivity contribution in [1.29, 1.82) is 0 Å². The molecular weight excluding hydrogens is 176 g/mol.